The molecule has 0 spiro atoms. The molecule has 1 N–H and O–H groups in total. The number of amides is 2. The van der Waals surface area contributed by atoms with E-state index in [2.05, 4.69) is 12.2 Å². The number of rotatable bonds is 3. The number of aryl methyl sites for hydroxylation is 2. The number of nitrogens with one attached hydrogen (secondary N) is 1. The maximum atomic E-state index is 11.9. The van der Waals surface area contributed by atoms with Gasteiger partial charge in [-0.3, -0.25) is 14.5 Å². The summed E-state index contributed by atoms with van der Waals surface area (Å²) in [6.45, 7) is 4.08. The predicted molar refractivity (Wildman–Crippen MR) is 70.4 cm³/mol. The molecule has 4 nitrogen and oxygen atoms in total. The summed E-state index contributed by atoms with van der Waals surface area (Å²) in [5.41, 5.74) is 3.26. The molecule has 2 amide bonds. The molecule has 0 bridgehead atoms. The average molecular weight is 246 g/mol. The second-order valence-corrected chi connectivity index (χ2v) is 4.65. The SMILES string of the molecule is CCc1cccc(C)c1NC1CC(=O)N(C)C1=O. The fourth-order valence-electron chi connectivity index (χ4n) is 2.27. The zero-order chi connectivity index (χ0) is 13.3. The Morgan fingerprint density at radius 1 is 1.39 bits per heavy atom. The fourth-order valence-corrected chi connectivity index (χ4v) is 2.27. The first kappa shape index (κ1) is 12.6. The van der Waals surface area contributed by atoms with Crippen molar-refractivity contribution in [3.05, 3.63) is 29.3 Å². The summed E-state index contributed by atoms with van der Waals surface area (Å²) >= 11 is 0. The van der Waals surface area contributed by atoms with Gasteiger partial charge < -0.3 is 5.32 Å². The number of carbonyl (C=O) groups is 2. The van der Waals surface area contributed by atoms with Gasteiger partial charge >= 0.3 is 0 Å². The van der Waals surface area contributed by atoms with Crippen LogP contribution in [-0.4, -0.2) is 29.8 Å². The van der Waals surface area contributed by atoms with Crippen molar-refractivity contribution in [2.75, 3.05) is 12.4 Å². The Hall–Kier alpha value is -1.84. The van der Waals surface area contributed by atoms with E-state index in [1.165, 1.54) is 17.5 Å². The highest BCUT2D eigenvalue weighted by Crippen LogP contribution is 2.24. The Labute approximate surface area is 107 Å². The molecule has 2 rings (SSSR count). The number of imide groups is 1. The maximum Gasteiger partial charge on any atom is 0.251 e. The Balaban J connectivity index is 2.25. The van der Waals surface area contributed by atoms with E-state index in [1.54, 1.807) is 0 Å². The van der Waals surface area contributed by atoms with Gasteiger partial charge in [0.1, 0.15) is 6.04 Å². The minimum atomic E-state index is -0.422. The number of benzene rings is 1. The van der Waals surface area contributed by atoms with E-state index in [4.69, 9.17) is 0 Å². The van der Waals surface area contributed by atoms with E-state index in [0.29, 0.717) is 0 Å². The van der Waals surface area contributed by atoms with Crippen molar-refractivity contribution in [2.24, 2.45) is 0 Å². The number of likely N-dealkylation sites (tertiary alicyclic amines) is 1. The van der Waals surface area contributed by atoms with Crippen LogP contribution in [0.25, 0.3) is 0 Å². The third-order valence-corrected chi connectivity index (χ3v) is 3.44. The molecule has 1 unspecified atom stereocenters. The van der Waals surface area contributed by atoms with Gasteiger partial charge in [-0.15, -0.1) is 0 Å². The van der Waals surface area contributed by atoms with Gasteiger partial charge in [-0.25, -0.2) is 0 Å². The van der Waals surface area contributed by atoms with Gasteiger partial charge in [0.05, 0.1) is 6.42 Å². The lowest BCUT2D eigenvalue weighted by Gasteiger charge is -2.17. The van der Waals surface area contributed by atoms with Crippen LogP contribution in [0.15, 0.2) is 18.2 Å². The highest BCUT2D eigenvalue weighted by molar-refractivity contribution is 6.06. The van der Waals surface area contributed by atoms with Crippen LogP contribution in [-0.2, 0) is 16.0 Å². The van der Waals surface area contributed by atoms with Crippen LogP contribution < -0.4 is 5.32 Å². The van der Waals surface area contributed by atoms with Crippen molar-refractivity contribution in [1.82, 2.24) is 4.90 Å². The normalized spacial score (nSPS) is 19.5. The molecule has 4 heteroatoms. The Morgan fingerprint density at radius 2 is 2.11 bits per heavy atom. The second kappa shape index (κ2) is 4.80. The topological polar surface area (TPSA) is 49.4 Å². The summed E-state index contributed by atoms with van der Waals surface area (Å²) in [4.78, 5) is 24.6. The summed E-state index contributed by atoms with van der Waals surface area (Å²) in [6, 6.07) is 5.63. The summed E-state index contributed by atoms with van der Waals surface area (Å²) in [5, 5.41) is 3.23. The van der Waals surface area contributed by atoms with Crippen molar-refractivity contribution < 1.29 is 9.59 Å². The molecule has 1 aromatic carbocycles. The van der Waals surface area contributed by atoms with E-state index in [-0.39, 0.29) is 18.2 Å². The molecule has 1 aliphatic rings. The van der Waals surface area contributed by atoms with Gasteiger partial charge in [0.2, 0.25) is 5.91 Å². The molecule has 18 heavy (non-hydrogen) atoms. The highest BCUT2D eigenvalue weighted by Gasteiger charge is 2.36. The number of hydrogen-bond donors (Lipinski definition) is 1. The molecule has 0 radical (unpaired) electrons. The Morgan fingerprint density at radius 3 is 2.67 bits per heavy atom. The molecular formula is C14H18N2O2. The zero-order valence-corrected chi connectivity index (χ0v) is 11.0. The fraction of sp³-hybridized carbons (Fsp3) is 0.429. The molecule has 1 aromatic rings. The van der Waals surface area contributed by atoms with Crippen molar-refractivity contribution >= 4 is 17.5 Å². The van der Waals surface area contributed by atoms with Crippen LogP contribution in [0.1, 0.15) is 24.5 Å². The van der Waals surface area contributed by atoms with E-state index < -0.39 is 6.04 Å². The van der Waals surface area contributed by atoms with Gasteiger partial charge in [-0.2, -0.15) is 0 Å². The maximum absolute atomic E-state index is 11.9. The number of hydrogen-bond acceptors (Lipinski definition) is 3. The summed E-state index contributed by atoms with van der Waals surface area (Å²) in [6.07, 6.45) is 1.14. The molecular weight excluding hydrogens is 228 g/mol. The van der Waals surface area contributed by atoms with Gasteiger partial charge in [0, 0.05) is 12.7 Å². The largest absolute Gasteiger partial charge is 0.373 e. The predicted octanol–water partition coefficient (Wildman–Crippen LogP) is 1.73. The second-order valence-electron chi connectivity index (χ2n) is 4.65. The lowest BCUT2D eigenvalue weighted by molar-refractivity contribution is -0.136. The van der Waals surface area contributed by atoms with E-state index in [9.17, 15) is 9.59 Å². The molecule has 1 heterocycles. The van der Waals surface area contributed by atoms with Crippen LogP contribution in [0.3, 0.4) is 0 Å². The first-order valence-corrected chi connectivity index (χ1v) is 6.20. The molecule has 0 aromatic heterocycles. The smallest absolute Gasteiger partial charge is 0.251 e. The first-order chi connectivity index (χ1) is 8.54. The highest BCUT2D eigenvalue weighted by atomic mass is 16.2. The number of likely N-dealkylation sites (N-methyl/N-ethyl adjacent to an activating group) is 1. The van der Waals surface area contributed by atoms with Gasteiger partial charge in [-0.05, 0) is 24.5 Å². The molecule has 0 saturated carbocycles. The molecule has 1 aliphatic heterocycles. The van der Waals surface area contributed by atoms with Crippen LogP contribution in [0.2, 0.25) is 0 Å². The van der Waals surface area contributed by atoms with Crippen LogP contribution in [0.4, 0.5) is 5.69 Å². The number of carbonyl (C=O) groups excluding carboxylic acids is 2. The lowest BCUT2D eigenvalue weighted by atomic mass is 10.0. The van der Waals surface area contributed by atoms with Crippen LogP contribution in [0, 0.1) is 6.92 Å². The van der Waals surface area contributed by atoms with Crippen LogP contribution in [0.5, 0.6) is 0 Å². The van der Waals surface area contributed by atoms with Gasteiger partial charge in [-0.1, -0.05) is 25.1 Å². The summed E-state index contributed by atoms with van der Waals surface area (Å²) in [5.74, 6) is -0.269. The van der Waals surface area contributed by atoms with E-state index in [1.807, 2.05) is 25.1 Å². The number of para-hydroxylation sites is 1. The Kier molecular flexibility index (Phi) is 3.36. The van der Waals surface area contributed by atoms with E-state index in [0.717, 1.165) is 17.7 Å². The van der Waals surface area contributed by atoms with Gasteiger partial charge in [0.15, 0.2) is 0 Å². The molecule has 1 fully saturated rings. The van der Waals surface area contributed by atoms with Crippen molar-refractivity contribution in [3.63, 3.8) is 0 Å². The zero-order valence-electron chi connectivity index (χ0n) is 11.0. The molecule has 96 valence electrons. The minimum Gasteiger partial charge on any atom is -0.373 e. The Bertz CT molecular complexity index is 497. The molecule has 1 atom stereocenters. The molecule has 0 aliphatic carbocycles. The van der Waals surface area contributed by atoms with Crippen molar-refractivity contribution in [2.45, 2.75) is 32.7 Å². The van der Waals surface area contributed by atoms with Gasteiger partial charge in [0.25, 0.3) is 5.91 Å². The quantitative estimate of drug-likeness (QED) is 0.826. The minimum absolute atomic E-state index is 0.121. The monoisotopic (exact) mass is 246 g/mol. The van der Waals surface area contributed by atoms with Crippen LogP contribution >= 0.6 is 0 Å². The summed E-state index contributed by atoms with van der Waals surface area (Å²) < 4.78 is 0. The number of anilines is 1. The third kappa shape index (κ3) is 2.10. The van der Waals surface area contributed by atoms with Crippen molar-refractivity contribution in [3.8, 4) is 0 Å². The summed E-state index contributed by atoms with van der Waals surface area (Å²) in [7, 11) is 1.53. The standard InChI is InChI=1S/C14H18N2O2/c1-4-10-7-5-6-9(2)13(10)15-11-8-12(17)16(3)14(11)18/h5-7,11,15H,4,8H2,1-3H3. The molecule has 1 saturated heterocycles. The lowest BCUT2D eigenvalue weighted by Crippen LogP contribution is -2.32. The first-order valence-electron chi connectivity index (χ1n) is 6.20. The third-order valence-electron chi connectivity index (χ3n) is 3.44. The van der Waals surface area contributed by atoms with Crippen molar-refractivity contribution in [1.29, 1.82) is 0 Å². The van der Waals surface area contributed by atoms with E-state index >= 15 is 0 Å². The average Bonchev–Trinajstić information content (AvgIpc) is 2.59. The number of nitrogens with zero attached hydrogens (tertiary/aromatic N) is 1.